The average molecular weight is 300 g/mol. The van der Waals surface area contributed by atoms with E-state index in [2.05, 4.69) is 0 Å². The van der Waals surface area contributed by atoms with E-state index in [1.54, 1.807) is 31.2 Å². The lowest BCUT2D eigenvalue weighted by Gasteiger charge is -2.02. The molecular weight excluding hydrogens is 288 g/mol. The average Bonchev–Trinajstić information content (AvgIpc) is 3.13. The number of fused-ring (bicyclic) bond motifs is 1. The maximum Gasteiger partial charge on any atom is 0.379 e. The van der Waals surface area contributed by atoms with Crippen LogP contribution >= 0.6 is 0 Å². The monoisotopic (exact) mass is 300 g/mol. The molecule has 0 unspecified atom stereocenters. The van der Waals surface area contributed by atoms with Gasteiger partial charge in [0.05, 0.1) is 13.4 Å². The highest BCUT2D eigenvalue weighted by Crippen LogP contribution is 2.29. The van der Waals surface area contributed by atoms with Gasteiger partial charge in [-0.15, -0.1) is 0 Å². The van der Waals surface area contributed by atoms with Crippen LogP contribution in [0.2, 0.25) is 0 Å². The molecule has 0 aliphatic rings. The summed E-state index contributed by atoms with van der Waals surface area (Å²) >= 11 is 0. The highest BCUT2D eigenvalue weighted by atomic mass is 16.5. The standard InChI is InChI=1S/C16H12O6/c1-9-14(16(18)19-2)11-8-10(5-6-12(11)21-9)22-15(17)13-4-3-7-20-13/h3-8H,1-2H3. The molecule has 0 amide bonds. The van der Waals surface area contributed by atoms with Crippen molar-refractivity contribution in [2.24, 2.45) is 0 Å². The molecule has 3 aromatic rings. The minimum atomic E-state index is -0.621. The smallest absolute Gasteiger partial charge is 0.379 e. The van der Waals surface area contributed by atoms with Crippen LogP contribution in [0.4, 0.5) is 0 Å². The SMILES string of the molecule is COC(=O)c1c(C)oc2ccc(OC(=O)c3ccco3)cc12. The van der Waals surface area contributed by atoms with Crippen molar-refractivity contribution >= 4 is 22.9 Å². The Morgan fingerprint density at radius 1 is 1.14 bits per heavy atom. The molecule has 0 aliphatic heterocycles. The summed E-state index contributed by atoms with van der Waals surface area (Å²) in [6.45, 7) is 1.67. The summed E-state index contributed by atoms with van der Waals surface area (Å²) < 4.78 is 20.4. The van der Waals surface area contributed by atoms with Gasteiger partial charge in [-0.3, -0.25) is 0 Å². The Balaban J connectivity index is 1.98. The van der Waals surface area contributed by atoms with Crippen molar-refractivity contribution in [1.82, 2.24) is 0 Å². The molecular formula is C16H12O6. The Morgan fingerprint density at radius 2 is 1.95 bits per heavy atom. The van der Waals surface area contributed by atoms with Crippen LogP contribution in [0, 0.1) is 6.92 Å². The van der Waals surface area contributed by atoms with Crippen LogP contribution in [0.25, 0.3) is 11.0 Å². The first-order valence-corrected chi connectivity index (χ1v) is 6.47. The molecule has 0 aliphatic carbocycles. The molecule has 6 heteroatoms. The maximum absolute atomic E-state index is 11.9. The van der Waals surface area contributed by atoms with E-state index in [0.717, 1.165) is 0 Å². The molecule has 0 spiro atoms. The van der Waals surface area contributed by atoms with E-state index < -0.39 is 11.9 Å². The van der Waals surface area contributed by atoms with Gasteiger partial charge in [-0.1, -0.05) is 0 Å². The van der Waals surface area contributed by atoms with Gasteiger partial charge in [-0.2, -0.15) is 0 Å². The Bertz CT molecular complexity index is 841. The zero-order valence-corrected chi connectivity index (χ0v) is 11.9. The highest BCUT2D eigenvalue weighted by molar-refractivity contribution is 6.05. The number of benzene rings is 1. The molecule has 3 rings (SSSR count). The van der Waals surface area contributed by atoms with Crippen molar-refractivity contribution in [2.75, 3.05) is 7.11 Å². The molecule has 112 valence electrons. The predicted octanol–water partition coefficient (Wildman–Crippen LogP) is 3.34. The fraction of sp³-hybridized carbons (Fsp3) is 0.125. The lowest BCUT2D eigenvalue weighted by atomic mass is 10.1. The normalized spacial score (nSPS) is 10.6. The number of carbonyl (C=O) groups is 2. The third-order valence-electron chi connectivity index (χ3n) is 3.16. The summed E-state index contributed by atoms with van der Waals surface area (Å²) in [5.41, 5.74) is 0.823. The summed E-state index contributed by atoms with van der Waals surface area (Å²) in [5, 5.41) is 0.522. The molecule has 2 heterocycles. The number of carbonyl (C=O) groups excluding carboxylic acids is 2. The first-order valence-electron chi connectivity index (χ1n) is 6.47. The zero-order chi connectivity index (χ0) is 15.7. The van der Waals surface area contributed by atoms with Crippen molar-refractivity contribution in [3.63, 3.8) is 0 Å². The lowest BCUT2D eigenvalue weighted by molar-refractivity contribution is 0.0600. The largest absolute Gasteiger partial charge is 0.465 e. The zero-order valence-electron chi connectivity index (χ0n) is 11.9. The summed E-state index contributed by atoms with van der Waals surface area (Å²) in [7, 11) is 1.29. The molecule has 22 heavy (non-hydrogen) atoms. The lowest BCUT2D eigenvalue weighted by Crippen LogP contribution is -2.07. The van der Waals surface area contributed by atoms with Gasteiger partial charge >= 0.3 is 11.9 Å². The summed E-state index contributed by atoms with van der Waals surface area (Å²) in [5.74, 6) is -0.317. The molecule has 2 aromatic heterocycles. The van der Waals surface area contributed by atoms with E-state index in [-0.39, 0.29) is 11.5 Å². The van der Waals surface area contributed by atoms with Crippen LogP contribution in [0.3, 0.4) is 0 Å². The van der Waals surface area contributed by atoms with Crippen LogP contribution in [-0.2, 0) is 4.74 Å². The third-order valence-corrected chi connectivity index (χ3v) is 3.16. The number of esters is 2. The molecule has 0 saturated heterocycles. The second-order valence-corrected chi connectivity index (χ2v) is 4.55. The van der Waals surface area contributed by atoms with E-state index in [1.165, 1.54) is 19.4 Å². The molecule has 0 radical (unpaired) electrons. The number of furan rings is 2. The second kappa shape index (κ2) is 5.40. The van der Waals surface area contributed by atoms with E-state index in [9.17, 15) is 9.59 Å². The molecule has 6 nitrogen and oxygen atoms in total. The minimum Gasteiger partial charge on any atom is -0.465 e. The molecule has 0 atom stereocenters. The number of hydrogen-bond acceptors (Lipinski definition) is 6. The first kappa shape index (κ1) is 13.9. The molecule has 0 N–H and O–H groups in total. The fourth-order valence-corrected chi connectivity index (χ4v) is 2.17. The van der Waals surface area contributed by atoms with E-state index in [4.69, 9.17) is 18.3 Å². The molecule has 0 bridgehead atoms. The van der Waals surface area contributed by atoms with Gasteiger partial charge in [0.25, 0.3) is 0 Å². The fourth-order valence-electron chi connectivity index (χ4n) is 2.17. The van der Waals surface area contributed by atoms with E-state index >= 15 is 0 Å². The number of ether oxygens (including phenoxy) is 2. The van der Waals surface area contributed by atoms with Crippen molar-refractivity contribution < 1.29 is 27.9 Å². The summed E-state index contributed by atoms with van der Waals surface area (Å²) in [4.78, 5) is 23.7. The van der Waals surface area contributed by atoms with Gasteiger partial charge in [0.2, 0.25) is 5.76 Å². The number of hydrogen-bond donors (Lipinski definition) is 0. The van der Waals surface area contributed by atoms with Gasteiger partial charge in [0.15, 0.2) is 0 Å². The van der Waals surface area contributed by atoms with Gasteiger partial charge in [0.1, 0.15) is 22.7 Å². The molecule has 0 saturated carbocycles. The first-order chi connectivity index (χ1) is 10.6. The van der Waals surface area contributed by atoms with E-state index in [0.29, 0.717) is 22.3 Å². The topological polar surface area (TPSA) is 78.9 Å². The number of rotatable bonds is 3. The Morgan fingerprint density at radius 3 is 2.64 bits per heavy atom. The van der Waals surface area contributed by atoms with Crippen molar-refractivity contribution in [2.45, 2.75) is 6.92 Å². The minimum absolute atomic E-state index is 0.0941. The predicted molar refractivity (Wildman–Crippen MR) is 76.0 cm³/mol. The highest BCUT2D eigenvalue weighted by Gasteiger charge is 2.20. The Kier molecular flexibility index (Phi) is 3.42. The van der Waals surface area contributed by atoms with Gasteiger partial charge in [-0.25, -0.2) is 9.59 Å². The summed E-state index contributed by atoms with van der Waals surface area (Å²) in [6, 6.07) is 7.85. The molecule has 1 aromatic carbocycles. The van der Waals surface area contributed by atoms with Gasteiger partial charge in [0, 0.05) is 5.39 Å². The van der Waals surface area contributed by atoms with Crippen molar-refractivity contribution in [1.29, 1.82) is 0 Å². The Labute approximate surface area is 125 Å². The van der Waals surface area contributed by atoms with Crippen LogP contribution in [-0.4, -0.2) is 19.0 Å². The Hall–Kier alpha value is -3.02. The maximum atomic E-state index is 11.9. The van der Waals surface area contributed by atoms with Crippen LogP contribution < -0.4 is 4.74 Å². The molecule has 0 fully saturated rings. The third kappa shape index (κ3) is 2.35. The summed E-state index contributed by atoms with van der Waals surface area (Å²) in [6.07, 6.45) is 1.38. The van der Waals surface area contributed by atoms with Crippen molar-refractivity contribution in [3.8, 4) is 5.75 Å². The number of aryl methyl sites for hydroxylation is 1. The van der Waals surface area contributed by atoms with Crippen LogP contribution in [0.15, 0.2) is 45.4 Å². The van der Waals surface area contributed by atoms with Crippen molar-refractivity contribution in [3.05, 3.63) is 53.7 Å². The van der Waals surface area contributed by atoms with Gasteiger partial charge in [-0.05, 0) is 37.3 Å². The number of methoxy groups -OCH3 is 1. The second-order valence-electron chi connectivity index (χ2n) is 4.55. The quantitative estimate of drug-likeness (QED) is 0.545. The van der Waals surface area contributed by atoms with E-state index in [1.807, 2.05) is 0 Å². The van der Waals surface area contributed by atoms with Crippen LogP contribution in [0.1, 0.15) is 26.7 Å². The van der Waals surface area contributed by atoms with Gasteiger partial charge < -0.3 is 18.3 Å². The van der Waals surface area contributed by atoms with Crippen LogP contribution in [0.5, 0.6) is 5.75 Å².